The summed E-state index contributed by atoms with van der Waals surface area (Å²) in [5.74, 6) is 0.750. The fourth-order valence-electron chi connectivity index (χ4n) is 2.03. The number of carbonyl (C=O) groups is 1. The van der Waals surface area contributed by atoms with Crippen LogP contribution >= 0.6 is 15.9 Å². The number of nitrogens with zero attached hydrogens (tertiary/aromatic N) is 2. The molecule has 1 N–H and O–H groups in total. The van der Waals surface area contributed by atoms with Gasteiger partial charge in [-0.3, -0.25) is 4.79 Å². The lowest BCUT2D eigenvalue weighted by atomic mass is 10.1. The van der Waals surface area contributed by atoms with Crippen molar-refractivity contribution in [1.82, 2.24) is 10.2 Å². The van der Waals surface area contributed by atoms with Crippen LogP contribution < -0.4 is 10.1 Å². The molecule has 1 amide bonds. The zero-order valence-electron chi connectivity index (χ0n) is 12.1. The summed E-state index contributed by atoms with van der Waals surface area (Å²) >= 11 is 3.37. The Bertz CT molecular complexity index is 834. The minimum atomic E-state index is -0.251. The van der Waals surface area contributed by atoms with Crippen LogP contribution in [0, 0.1) is 0 Å². The van der Waals surface area contributed by atoms with E-state index in [1.54, 1.807) is 43.5 Å². The fraction of sp³-hybridized carbons (Fsp3) is 0.0625. The molecular weight excluding hydrogens is 362 g/mol. The summed E-state index contributed by atoms with van der Waals surface area (Å²) in [5, 5.41) is 10.3. The molecule has 0 unspecified atom stereocenters. The van der Waals surface area contributed by atoms with E-state index in [0.717, 1.165) is 5.56 Å². The van der Waals surface area contributed by atoms with Crippen LogP contribution in [0.1, 0.15) is 10.4 Å². The third-order valence-electron chi connectivity index (χ3n) is 3.15. The first-order chi connectivity index (χ1) is 11.2. The summed E-state index contributed by atoms with van der Waals surface area (Å²) in [6.45, 7) is 0. The highest BCUT2D eigenvalue weighted by molar-refractivity contribution is 9.10. The van der Waals surface area contributed by atoms with Gasteiger partial charge in [-0.1, -0.05) is 6.07 Å². The number of aromatic nitrogens is 2. The molecule has 3 rings (SSSR count). The third-order valence-corrected chi connectivity index (χ3v) is 3.84. The Morgan fingerprint density at radius 3 is 2.87 bits per heavy atom. The monoisotopic (exact) mass is 373 g/mol. The van der Waals surface area contributed by atoms with Crippen LogP contribution in [0.25, 0.3) is 11.5 Å². The van der Waals surface area contributed by atoms with Crippen LogP contribution in [0.5, 0.6) is 5.75 Å². The number of rotatable bonds is 4. The summed E-state index contributed by atoms with van der Waals surface area (Å²) in [6.07, 6.45) is 1.26. The lowest BCUT2D eigenvalue weighted by Gasteiger charge is -2.09. The van der Waals surface area contributed by atoms with E-state index in [1.807, 2.05) is 6.07 Å². The maximum atomic E-state index is 12.5. The maximum absolute atomic E-state index is 12.5. The van der Waals surface area contributed by atoms with Gasteiger partial charge in [0.1, 0.15) is 5.75 Å². The molecule has 0 aliphatic carbocycles. The number of nitrogens with one attached hydrogen (secondary N) is 1. The van der Waals surface area contributed by atoms with Gasteiger partial charge in [-0.05, 0) is 52.3 Å². The number of benzene rings is 2. The predicted molar refractivity (Wildman–Crippen MR) is 88.4 cm³/mol. The topological polar surface area (TPSA) is 77.2 Å². The van der Waals surface area contributed by atoms with E-state index >= 15 is 0 Å². The molecule has 0 saturated heterocycles. The standard InChI is InChI=1S/C16H12BrN3O3/c1-22-12-5-6-14(17)13(8-12)15(21)19-11-4-2-3-10(7-11)16-20-18-9-23-16/h2-9H,1H3,(H,19,21). The molecule has 0 spiro atoms. The average molecular weight is 374 g/mol. The number of halogens is 1. The summed E-state index contributed by atoms with van der Waals surface area (Å²) in [6, 6.07) is 12.4. The summed E-state index contributed by atoms with van der Waals surface area (Å²) in [4.78, 5) is 12.5. The lowest BCUT2D eigenvalue weighted by Crippen LogP contribution is -2.12. The minimum absolute atomic E-state index is 0.251. The van der Waals surface area contributed by atoms with Crippen LogP contribution in [0.3, 0.4) is 0 Å². The SMILES string of the molecule is COc1ccc(Br)c(C(=O)Nc2cccc(-c3nnco3)c2)c1. The van der Waals surface area contributed by atoms with Gasteiger partial charge in [-0.25, -0.2) is 0 Å². The molecule has 0 saturated carbocycles. The first kappa shape index (κ1) is 15.2. The van der Waals surface area contributed by atoms with Crippen molar-refractivity contribution in [1.29, 1.82) is 0 Å². The first-order valence-electron chi connectivity index (χ1n) is 6.69. The van der Waals surface area contributed by atoms with Gasteiger partial charge in [0.2, 0.25) is 12.3 Å². The number of methoxy groups -OCH3 is 1. The Balaban J connectivity index is 1.85. The smallest absolute Gasteiger partial charge is 0.256 e. The number of amides is 1. The van der Waals surface area contributed by atoms with Crippen molar-refractivity contribution in [3.63, 3.8) is 0 Å². The molecule has 0 radical (unpaired) electrons. The molecule has 0 atom stereocenters. The van der Waals surface area contributed by atoms with Crippen LogP contribution in [0.15, 0.2) is 57.7 Å². The molecule has 1 aromatic heterocycles. The second-order valence-corrected chi connectivity index (χ2v) is 5.48. The van der Waals surface area contributed by atoms with E-state index < -0.39 is 0 Å². The van der Waals surface area contributed by atoms with Gasteiger partial charge in [-0.2, -0.15) is 0 Å². The van der Waals surface area contributed by atoms with Gasteiger partial charge < -0.3 is 14.5 Å². The van der Waals surface area contributed by atoms with E-state index in [1.165, 1.54) is 6.39 Å². The Labute approximate surface area is 140 Å². The van der Waals surface area contributed by atoms with Gasteiger partial charge in [0, 0.05) is 15.7 Å². The van der Waals surface area contributed by atoms with Crippen LogP contribution in [-0.4, -0.2) is 23.2 Å². The van der Waals surface area contributed by atoms with Gasteiger partial charge in [0.05, 0.1) is 12.7 Å². The molecule has 0 aliphatic heterocycles. The lowest BCUT2D eigenvalue weighted by molar-refractivity contribution is 0.102. The number of hydrogen-bond acceptors (Lipinski definition) is 5. The number of ether oxygens (including phenoxy) is 1. The molecule has 0 aliphatic rings. The summed E-state index contributed by atoms with van der Waals surface area (Å²) in [7, 11) is 1.55. The van der Waals surface area contributed by atoms with Crippen LogP contribution in [-0.2, 0) is 0 Å². The van der Waals surface area contributed by atoms with Crippen molar-refractivity contribution in [2.75, 3.05) is 12.4 Å². The van der Waals surface area contributed by atoms with Crippen molar-refractivity contribution < 1.29 is 13.9 Å². The van der Waals surface area contributed by atoms with Crippen molar-refractivity contribution >= 4 is 27.5 Å². The molecular formula is C16H12BrN3O3. The molecule has 3 aromatic rings. The molecule has 0 fully saturated rings. The number of anilines is 1. The molecule has 0 bridgehead atoms. The summed E-state index contributed by atoms with van der Waals surface area (Å²) < 4.78 is 11.0. The van der Waals surface area contributed by atoms with Gasteiger partial charge >= 0.3 is 0 Å². The molecule has 23 heavy (non-hydrogen) atoms. The van der Waals surface area contributed by atoms with Gasteiger partial charge in [-0.15, -0.1) is 10.2 Å². The highest BCUT2D eigenvalue weighted by Crippen LogP contribution is 2.25. The largest absolute Gasteiger partial charge is 0.497 e. The van der Waals surface area contributed by atoms with Crippen LogP contribution in [0.2, 0.25) is 0 Å². The normalized spacial score (nSPS) is 10.3. The van der Waals surface area contributed by atoms with Crippen molar-refractivity contribution in [3.8, 4) is 17.2 Å². The second-order valence-electron chi connectivity index (χ2n) is 4.62. The van der Waals surface area contributed by atoms with Crippen LogP contribution in [0.4, 0.5) is 5.69 Å². The third kappa shape index (κ3) is 3.40. The quantitative estimate of drug-likeness (QED) is 0.753. The Morgan fingerprint density at radius 1 is 1.26 bits per heavy atom. The fourth-order valence-corrected chi connectivity index (χ4v) is 2.46. The molecule has 1 heterocycles. The molecule has 116 valence electrons. The highest BCUT2D eigenvalue weighted by Gasteiger charge is 2.12. The van der Waals surface area contributed by atoms with E-state index in [2.05, 4.69) is 31.4 Å². The highest BCUT2D eigenvalue weighted by atomic mass is 79.9. The summed E-state index contributed by atoms with van der Waals surface area (Å²) in [5.41, 5.74) is 1.83. The van der Waals surface area contributed by atoms with Crippen molar-refractivity contribution in [2.45, 2.75) is 0 Å². The average Bonchev–Trinajstić information content (AvgIpc) is 3.10. The number of carbonyl (C=O) groups excluding carboxylic acids is 1. The van der Waals surface area contributed by atoms with E-state index in [4.69, 9.17) is 9.15 Å². The maximum Gasteiger partial charge on any atom is 0.256 e. The second kappa shape index (κ2) is 6.62. The predicted octanol–water partition coefficient (Wildman–Crippen LogP) is 3.76. The zero-order chi connectivity index (χ0) is 16.2. The molecule has 7 heteroatoms. The van der Waals surface area contributed by atoms with Crippen molar-refractivity contribution in [3.05, 3.63) is 58.9 Å². The van der Waals surface area contributed by atoms with E-state index in [9.17, 15) is 4.79 Å². The van der Waals surface area contributed by atoms with E-state index in [0.29, 0.717) is 27.4 Å². The first-order valence-corrected chi connectivity index (χ1v) is 7.48. The Kier molecular flexibility index (Phi) is 4.38. The van der Waals surface area contributed by atoms with E-state index in [-0.39, 0.29) is 5.91 Å². The van der Waals surface area contributed by atoms with Gasteiger partial charge in [0.25, 0.3) is 5.91 Å². The molecule has 2 aromatic carbocycles. The minimum Gasteiger partial charge on any atom is -0.497 e. The Hall–Kier alpha value is -2.67. The molecule has 6 nitrogen and oxygen atoms in total. The zero-order valence-corrected chi connectivity index (χ0v) is 13.7. The van der Waals surface area contributed by atoms with Crippen molar-refractivity contribution in [2.24, 2.45) is 0 Å². The number of hydrogen-bond donors (Lipinski definition) is 1. The van der Waals surface area contributed by atoms with Gasteiger partial charge in [0.15, 0.2) is 0 Å². The Morgan fingerprint density at radius 2 is 2.13 bits per heavy atom.